The number of hydrogen-bond donors (Lipinski definition) is 1. The van der Waals surface area contributed by atoms with E-state index in [0.717, 1.165) is 76.1 Å². The van der Waals surface area contributed by atoms with Crippen LogP contribution in [0.3, 0.4) is 0 Å². The molecule has 0 aliphatic carbocycles. The number of halogens is 1. The normalized spacial score (nSPS) is 16.9. The van der Waals surface area contributed by atoms with Crippen LogP contribution in [0.4, 0.5) is 11.4 Å². The molecular formula is C25H28BrN5O2S. The Hall–Kier alpha value is -2.52. The second-order valence-electron chi connectivity index (χ2n) is 9.18. The van der Waals surface area contributed by atoms with E-state index in [9.17, 15) is 9.59 Å². The second kappa shape index (κ2) is 9.62. The van der Waals surface area contributed by atoms with Gasteiger partial charge in [0.2, 0.25) is 5.91 Å². The van der Waals surface area contributed by atoms with Crippen molar-refractivity contribution in [2.24, 2.45) is 5.92 Å². The van der Waals surface area contributed by atoms with Crippen LogP contribution in [0.15, 0.2) is 28.9 Å². The molecule has 9 heteroatoms. The van der Waals surface area contributed by atoms with Crippen LogP contribution in [0, 0.1) is 19.8 Å². The summed E-state index contributed by atoms with van der Waals surface area (Å²) in [5.74, 6) is 0.0536. The number of anilines is 2. The molecule has 1 N–H and O–H groups in total. The number of carbonyl (C=O) groups excluding carboxylic acids is 2. The minimum atomic E-state index is -0.0584. The molecule has 7 nitrogen and oxygen atoms in total. The van der Waals surface area contributed by atoms with Crippen molar-refractivity contribution in [3.63, 3.8) is 0 Å². The van der Waals surface area contributed by atoms with E-state index in [-0.39, 0.29) is 17.7 Å². The van der Waals surface area contributed by atoms with Crippen molar-refractivity contribution in [1.82, 2.24) is 14.3 Å². The first kappa shape index (κ1) is 23.2. The summed E-state index contributed by atoms with van der Waals surface area (Å²) in [6.45, 7) is 7.02. The third-order valence-electron chi connectivity index (χ3n) is 6.88. The van der Waals surface area contributed by atoms with E-state index < -0.39 is 0 Å². The fourth-order valence-corrected chi connectivity index (χ4v) is 5.94. The van der Waals surface area contributed by atoms with Crippen molar-refractivity contribution >= 4 is 60.9 Å². The third kappa shape index (κ3) is 4.43. The van der Waals surface area contributed by atoms with Crippen molar-refractivity contribution in [2.75, 3.05) is 36.4 Å². The SMILES string of the molecule is Cc1cc(NC(=O)C2CCN(c3c(C(=O)N4CCCC4)cnc4snc(C)c34)CC2)ccc1Br. The highest BCUT2D eigenvalue weighted by Crippen LogP contribution is 2.37. The Balaban J connectivity index is 1.36. The number of carbonyl (C=O) groups is 2. The predicted octanol–water partition coefficient (Wildman–Crippen LogP) is 5.16. The number of aromatic nitrogens is 2. The van der Waals surface area contributed by atoms with E-state index in [1.807, 2.05) is 36.9 Å². The number of hydrogen-bond acceptors (Lipinski definition) is 6. The second-order valence-corrected chi connectivity index (χ2v) is 10.8. The van der Waals surface area contributed by atoms with E-state index in [1.165, 1.54) is 11.5 Å². The number of nitrogens with one attached hydrogen (secondary N) is 1. The maximum absolute atomic E-state index is 13.4. The molecule has 0 bridgehead atoms. The van der Waals surface area contributed by atoms with Gasteiger partial charge in [0, 0.05) is 48.5 Å². The molecule has 2 aliphatic heterocycles. The van der Waals surface area contributed by atoms with E-state index in [2.05, 4.69) is 35.5 Å². The van der Waals surface area contributed by atoms with Crippen LogP contribution in [0.25, 0.3) is 10.2 Å². The molecule has 5 rings (SSSR count). The monoisotopic (exact) mass is 541 g/mol. The Bertz CT molecular complexity index is 1250. The standard InChI is InChI=1S/C25H28BrN5O2S/c1-15-13-18(5-6-20(15)26)28-23(32)17-7-11-30(12-8-17)22-19(25(33)31-9-3-4-10-31)14-27-24-21(22)16(2)29-34-24/h5-6,13-14,17H,3-4,7-12H2,1-2H3,(H,28,32). The maximum Gasteiger partial charge on any atom is 0.257 e. The van der Waals surface area contributed by atoms with Crippen LogP contribution >= 0.6 is 27.5 Å². The summed E-state index contributed by atoms with van der Waals surface area (Å²) in [4.78, 5) is 36.0. The molecule has 0 saturated carbocycles. The molecule has 2 fully saturated rings. The number of fused-ring (bicyclic) bond motifs is 1. The van der Waals surface area contributed by atoms with E-state index in [4.69, 9.17) is 0 Å². The Morgan fingerprint density at radius 3 is 2.56 bits per heavy atom. The summed E-state index contributed by atoms with van der Waals surface area (Å²) >= 11 is 4.88. The number of nitrogens with zero attached hydrogens (tertiary/aromatic N) is 4. The molecule has 0 atom stereocenters. The zero-order valence-corrected chi connectivity index (χ0v) is 21.8. The lowest BCUT2D eigenvalue weighted by Gasteiger charge is -2.34. The molecule has 0 spiro atoms. The number of amides is 2. The average molecular weight is 543 g/mol. The summed E-state index contributed by atoms with van der Waals surface area (Å²) in [7, 11) is 0. The van der Waals surface area contributed by atoms with Crippen LogP contribution < -0.4 is 10.2 Å². The smallest absolute Gasteiger partial charge is 0.257 e. The minimum absolute atomic E-state index is 0.0537. The molecule has 2 aliphatic rings. The number of likely N-dealkylation sites (tertiary alicyclic amines) is 1. The first-order valence-corrected chi connectivity index (χ1v) is 13.3. The number of piperidine rings is 1. The van der Waals surface area contributed by atoms with Crippen LogP contribution in [0.1, 0.15) is 47.3 Å². The molecular weight excluding hydrogens is 514 g/mol. The van der Waals surface area contributed by atoms with Crippen LogP contribution in [0.5, 0.6) is 0 Å². The van der Waals surface area contributed by atoms with Crippen LogP contribution in [0.2, 0.25) is 0 Å². The highest BCUT2D eigenvalue weighted by atomic mass is 79.9. The van der Waals surface area contributed by atoms with Gasteiger partial charge in [-0.1, -0.05) is 15.9 Å². The minimum Gasteiger partial charge on any atom is -0.370 e. The molecule has 2 aromatic heterocycles. The lowest BCUT2D eigenvalue weighted by Crippen LogP contribution is -2.39. The van der Waals surface area contributed by atoms with Gasteiger partial charge in [-0.2, -0.15) is 4.37 Å². The molecule has 3 aromatic rings. The van der Waals surface area contributed by atoms with Crippen molar-refractivity contribution in [2.45, 2.75) is 39.5 Å². The first-order chi connectivity index (χ1) is 16.4. The van der Waals surface area contributed by atoms with Crippen LogP contribution in [-0.4, -0.2) is 52.3 Å². The van der Waals surface area contributed by atoms with Gasteiger partial charge in [0.05, 0.1) is 22.3 Å². The zero-order valence-electron chi connectivity index (χ0n) is 19.4. The molecule has 2 amide bonds. The van der Waals surface area contributed by atoms with E-state index in [1.54, 1.807) is 6.20 Å². The van der Waals surface area contributed by atoms with Gasteiger partial charge in [-0.15, -0.1) is 0 Å². The number of pyridine rings is 1. The van der Waals surface area contributed by atoms with Gasteiger partial charge in [0.1, 0.15) is 4.83 Å². The lowest BCUT2D eigenvalue weighted by molar-refractivity contribution is -0.120. The van der Waals surface area contributed by atoms with Gasteiger partial charge < -0.3 is 15.1 Å². The van der Waals surface area contributed by atoms with Crippen molar-refractivity contribution < 1.29 is 9.59 Å². The molecule has 1 aromatic carbocycles. The van der Waals surface area contributed by atoms with E-state index in [0.29, 0.717) is 18.7 Å². The zero-order chi connectivity index (χ0) is 23.8. The molecule has 0 radical (unpaired) electrons. The fourth-order valence-electron chi connectivity index (χ4n) is 4.95. The lowest BCUT2D eigenvalue weighted by atomic mass is 9.94. The summed E-state index contributed by atoms with van der Waals surface area (Å²) in [5, 5.41) is 4.05. The van der Waals surface area contributed by atoms with Crippen molar-refractivity contribution in [1.29, 1.82) is 0 Å². The molecule has 2 saturated heterocycles. The highest BCUT2D eigenvalue weighted by Gasteiger charge is 2.31. The largest absolute Gasteiger partial charge is 0.370 e. The Labute approximate surface area is 211 Å². The Kier molecular flexibility index (Phi) is 6.57. The quantitative estimate of drug-likeness (QED) is 0.493. The molecule has 34 heavy (non-hydrogen) atoms. The van der Waals surface area contributed by atoms with Gasteiger partial charge in [0.15, 0.2) is 0 Å². The summed E-state index contributed by atoms with van der Waals surface area (Å²) in [6, 6.07) is 5.85. The topological polar surface area (TPSA) is 78.4 Å². The van der Waals surface area contributed by atoms with Gasteiger partial charge in [-0.3, -0.25) is 9.59 Å². The highest BCUT2D eigenvalue weighted by molar-refractivity contribution is 9.10. The van der Waals surface area contributed by atoms with Crippen LogP contribution in [-0.2, 0) is 4.79 Å². The fraction of sp³-hybridized carbons (Fsp3) is 0.440. The first-order valence-electron chi connectivity index (χ1n) is 11.8. The number of benzene rings is 1. The predicted molar refractivity (Wildman–Crippen MR) is 140 cm³/mol. The van der Waals surface area contributed by atoms with Gasteiger partial charge in [-0.05, 0) is 74.8 Å². The van der Waals surface area contributed by atoms with Gasteiger partial charge >= 0.3 is 0 Å². The van der Waals surface area contributed by atoms with Gasteiger partial charge in [0.25, 0.3) is 5.91 Å². The number of aryl methyl sites for hydroxylation is 2. The van der Waals surface area contributed by atoms with Gasteiger partial charge in [-0.25, -0.2) is 4.98 Å². The summed E-state index contributed by atoms with van der Waals surface area (Å²) in [5.41, 5.74) is 4.41. The third-order valence-corrected chi connectivity index (χ3v) is 8.62. The average Bonchev–Trinajstić information content (AvgIpc) is 3.51. The maximum atomic E-state index is 13.4. The Morgan fingerprint density at radius 2 is 1.85 bits per heavy atom. The van der Waals surface area contributed by atoms with E-state index >= 15 is 0 Å². The summed E-state index contributed by atoms with van der Waals surface area (Å²) < 4.78 is 5.54. The Morgan fingerprint density at radius 1 is 1.12 bits per heavy atom. The molecule has 4 heterocycles. The van der Waals surface area contributed by atoms with Crippen molar-refractivity contribution in [3.8, 4) is 0 Å². The molecule has 0 unspecified atom stereocenters. The summed E-state index contributed by atoms with van der Waals surface area (Å²) in [6.07, 6.45) is 5.30. The van der Waals surface area contributed by atoms with Crippen molar-refractivity contribution in [3.05, 3.63) is 45.7 Å². The molecule has 178 valence electrons. The number of rotatable bonds is 4.